The highest BCUT2D eigenvalue weighted by atomic mass is 16.2. The predicted octanol–water partition coefficient (Wildman–Crippen LogP) is 1.91. The van der Waals surface area contributed by atoms with Gasteiger partial charge in [-0.15, -0.1) is 0 Å². The largest absolute Gasteiger partial charge is 0.374 e. The molecule has 1 aliphatic rings. The molecule has 0 saturated heterocycles. The van der Waals surface area contributed by atoms with E-state index < -0.39 is 0 Å². The molecule has 0 fully saturated rings. The third-order valence-corrected chi connectivity index (χ3v) is 3.20. The molecule has 1 amide bonds. The monoisotopic (exact) mass is 264 g/mol. The summed E-state index contributed by atoms with van der Waals surface area (Å²) in [6.07, 6.45) is 1.70. The van der Waals surface area contributed by atoms with Crippen molar-refractivity contribution >= 4 is 17.3 Å². The van der Waals surface area contributed by atoms with Crippen LogP contribution >= 0.6 is 0 Å². The standard InChI is InChI=1S/C15H12N4O/c16-8-11-4-5-13-14(7-11)19(15(20)9-18-13)10-12-3-1-2-6-17-12/h1-7,18H,9-10H2. The minimum Gasteiger partial charge on any atom is -0.374 e. The van der Waals surface area contributed by atoms with Gasteiger partial charge in [0.15, 0.2) is 0 Å². The molecule has 3 rings (SSSR count). The maximum atomic E-state index is 12.1. The Balaban J connectivity index is 1.99. The number of pyridine rings is 1. The van der Waals surface area contributed by atoms with E-state index in [1.807, 2.05) is 24.3 Å². The zero-order valence-corrected chi connectivity index (χ0v) is 10.7. The Morgan fingerprint density at radius 2 is 2.25 bits per heavy atom. The number of anilines is 2. The van der Waals surface area contributed by atoms with E-state index in [9.17, 15) is 4.79 Å². The van der Waals surface area contributed by atoms with Gasteiger partial charge in [-0.3, -0.25) is 9.78 Å². The van der Waals surface area contributed by atoms with E-state index in [-0.39, 0.29) is 12.5 Å². The fourth-order valence-corrected chi connectivity index (χ4v) is 2.20. The number of nitriles is 1. The summed E-state index contributed by atoms with van der Waals surface area (Å²) in [7, 11) is 0. The van der Waals surface area contributed by atoms with Gasteiger partial charge in [0.05, 0.1) is 41.8 Å². The lowest BCUT2D eigenvalue weighted by Crippen LogP contribution is -2.39. The summed E-state index contributed by atoms with van der Waals surface area (Å²) in [5.41, 5.74) is 2.94. The molecular formula is C15H12N4O. The third-order valence-electron chi connectivity index (χ3n) is 3.20. The molecule has 1 aromatic carbocycles. The number of hydrogen-bond donors (Lipinski definition) is 1. The van der Waals surface area contributed by atoms with E-state index in [0.29, 0.717) is 12.1 Å². The predicted molar refractivity (Wildman–Crippen MR) is 75.1 cm³/mol. The Bertz CT molecular complexity index is 691. The third kappa shape index (κ3) is 2.19. The zero-order valence-electron chi connectivity index (χ0n) is 10.7. The molecular weight excluding hydrogens is 252 g/mol. The topological polar surface area (TPSA) is 69.0 Å². The number of nitrogens with zero attached hydrogens (tertiary/aromatic N) is 3. The van der Waals surface area contributed by atoms with Crippen LogP contribution in [0.1, 0.15) is 11.3 Å². The van der Waals surface area contributed by atoms with Crippen LogP contribution in [0.15, 0.2) is 42.6 Å². The minimum absolute atomic E-state index is 0.0294. The molecule has 2 aromatic rings. The van der Waals surface area contributed by atoms with Crippen molar-refractivity contribution in [3.8, 4) is 6.07 Å². The molecule has 2 heterocycles. The molecule has 5 heteroatoms. The molecule has 98 valence electrons. The summed E-state index contributed by atoms with van der Waals surface area (Å²) >= 11 is 0. The van der Waals surface area contributed by atoms with Crippen molar-refractivity contribution in [1.82, 2.24) is 4.98 Å². The molecule has 5 nitrogen and oxygen atoms in total. The van der Waals surface area contributed by atoms with Crippen LogP contribution in [0.25, 0.3) is 0 Å². The van der Waals surface area contributed by atoms with Crippen LogP contribution in [0.3, 0.4) is 0 Å². The first-order chi connectivity index (χ1) is 9.78. The maximum absolute atomic E-state index is 12.1. The summed E-state index contributed by atoms with van der Waals surface area (Å²) in [5, 5.41) is 12.1. The van der Waals surface area contributed by atoms with Crippen molar-refractivity contribution in [3.05, 3.63) is 53.9 Å². The van der Waals surface area contributed by atoms with Crippen LogP contribution < -0.4 is 10.2 Å². The fraction of sp³-hybridized carbons (Fsp3) is 0.133. The highest BCUT2D eigenvalue weighted by Crippen LogP contribution is 2.31. The number of nitrogens with one attached hydrogen (secondary N) is 1. The van der Waals surface area contributed by atoms with Crippen LogP contribution in [-0.4, -0.2) is 17.4 Å². The molecule has 0 atom stereocenters. The van der Waals surface area contributed by atoms with Gasteiger partial charge >= 0.3 is 0 Å². The van der Waals surface area contributed by atoms with E-state index >= 15 is 0 Å². The lowest BCUT2D eigenvalue weighted by atomic mass is 10.1. The molecule has 0 bridgehead atoms. The van der Waals surface area contributed by atoms with Crippen molar-refractivity contribution < 1.29 is 4.79 Å². The second-order valence-corrected chi connectivity index (χ2v) is 4.50. The van der Waals surface area contributed by atoms with Crippen LogP contribution in [0, 0.1) is 11.3 Å². The smallest absolute Gasteiger partial charge is 0.246 e. The van der Waals surface area contributed by atoms with Gasteiger partial charge in [0, 0.05) is 6.20 Å². The van der Waals surface area contributed by atoms with Crippen LogP contribution in [-0.2, 0) is 11.3 Å². The molecule has 20 heavy (non-hydrogen) atoms. The number of fused-ring (bicyclic) bond motifs is 1. The van der Waals surface area contributed by atoms with E-state index in [0.717, 1.165) is 17.1 Å². The molecule has 1 aliphatic heterocycles. The van der Waals surface area contributed by atoms with Crippen molar-refractivity contribution in [1.29, 1.82) is 5.26 Å². The number of amides is 1. The average molecular weight is 264 g/mol. The second kappa shape index (κ2) is 5.02. The Hall–Kier alpha value is -2.87. The van der Waals surface area contributed by atoms with E-state index in [4.69, 9.17) is 5.26 Å². The van der Waals surface area contributed by atoms with Gasteiger partial charge in [-0.1, -0.05) is 6.07 Å². The van der Waals surface area contributed by atoms with E-state index in [1.165, 1.54) is 0 Å². The SMILES string of the molecule is N#Cc1ccc2c(c1)N(Cc1ccccn1)C(=O)CN2. The Morgan fingerprint density at radius 1 is 1.35 bits per heavy atom. The van der Waals surface area contributed by atoms with E-state index in [1.54, 1.807) is 23.2 Å². The van der Waals surface area contributed by atoms with Gasteiger partial charge in [-0.2, -0.15) is 5.26 Å². The lowest BCUT2D eigenvalue weighted by Gasteiger charge is -2.30. The Kier molecular flexibility index (Phi) is 3.05. The Morgan fingerprint density at radius 3 is 3.00 bits per heavy atom. The quantitative estimate of drug-likeness (QED) is 0.899. The Labute approximate surface area is 116 Å². The summed E-state index contributed by atoms with van der Waals surface area (Å²) in [6.45, 7) is 0.662. The van der Waals surface area contributed by atoms with Gasteiger partial charge in [0.2, 0.25) is 5.91 Å². The molecule has 0 spiro atoms. The van der Waals surface area contributed by atoms with Crippen molar-refractivity contribution in [2.45, 2.75) is 6.54 Å². The normalized spacial score (nSPS) is 13.3. The minimum atomic E-state index is -0.0294. The zero-order chi connectivity index (χ0) is 13.9. The van der Waals surface area contributed by atoms with Gasteiger partial charge in [-0.05, 0) is 30.3 Å². The van der Waals surface area contributed by atoms with Gasteiger partial charge in [0.25, 0.3) is 0 Å². The maximum Gasteiger partial charge on any atom is 0.246 e. The summed E-state index contributed by atoms with van der Waals surface area (Å²) in [5.74, 6) is -0.0294. The van der Waals surface area contributed by atoms with Gasteiger partial charge in [0.1, 0.15) is 0 Å². The van der Waals surface area contributed by atoms with Crippen LogP contribution in [0.2, 0.25) is 0 Å². The first-order valence-electron chi connectivity index (χ1n) is 6.26. The molecule has 0 aliphatic carbocycles. The fourth-order valence-electron chi connectivity index (χ4n) is 2.20. The first kappa shape index (κ1) is 12.2. The molecule has 0 radical (unpaired) electrons. The number of hydrogen-bond acceptors (Lipinski definition) is 4. The van der Waals surface area contributed by atoms with Crippen molar-refractivity contribution in [2.24, 2.45) is 0 Å². The van der Waals surface area contributed by atoms with Crippen LogP contribution in [0.5, 0.6) is 0 Å². The number of aromatic nitrogens is 1. The molecule has 1 N–H and O–H groups in total. The van der Waals surface area contributed by atoms with Crippen molar-refractivity contribution in [3.63, 3.8) is 0 Å². The molecule has 1 aromatic heterocycles. The number of carbonyl (C=O) groups excluding carboxylic acids is 1. The summed E-state index contributed by atoms with van der Waals surface area (Å²) in [6, 6.07) is 13.0. The summed E-state index contributed by atoms with van der Waals surface area (Å²) in [4.78, 5) is 18.0. The van der Waals surface area contributed by atoms with Gasteiger partial charge < -0.3 is 10.2 Å². The first-order valence-corrected chi connectivity index (χ1v) is 6.26. The van der Waals surface area contributed by atoms with Gasteiger partial charge in [-0.25, -0.2) is 0 Å². The number of rotatable bonds is 2. The number of carbonyl (C=O) groups is 1. The lowest BCUT2D eigenvalue weighted by molar-refractivity contribution is -0.117. The van der Waals surface area contributed by atoms with Crippen molar-refractivity contribution in [2.75, 3.05) is 16.8 Å². The highest BCUT2D eigenvalue weighted by molar-refractivity contribution is 6.02. The van der Waals surface area contributed by atoms with E-state index in [2.05, 4.69) is 16.4 Å². The molecule has 0 unspecified atom stereocenters. The number of benzene rings is 1. The second-order valence-electron chi connectivity index (χ2n) is 4.50. The molecule has 0 saturated carbocycles. The van der Waals surface area contributed by atoms with Crippen LogP contribution in [0.4, 0.5) is 11.4 Å². The summed E-state index contributed by atoms with van der Waals surface area (Å²) < 4.78 is 0. The average Bonchev–Trinajstić information content (AvgIpc) is 2.51. The highest BCUT2D eigenvalue weighted by Gasteiger charge is 2.24.